The van der Waals surface area contributed by atoms with E-state index in [0.29, 0.717) is 6.04 Å². The second-order valence-electron chi connectivity index (χ2n) is 5.25. The van der Waals surface area contributed by atoms with Crippen LogP contribution in [0.4, 0.5) is 0 Å². The van der Waals surface area contributed by atoms with E-state index in [0.717, 1.165) is 31.0 Å². The van der Waals surface area contributed by atoms with Crippen molar-refractivity contribution in [2.45, 2.75) is 45.3 Å². The van der Waals surface area contributed by atoms with E-state index in [1.165, 1.54) is 19.4 Å². The Morgan fingerprint density at radius 3 is 3.00 bits per heavy atom. The number of nitrogens with zero attached hydrogens (tertiary/aromatic N) is 3. The molecule has 3 heterocycles. The molecule has 0 bridgehead atoms. The van der Waals surface area contributed by atoms with Gasteiger partial charge in [-0.25, -0.2) is 4.98 Å². The summed E-state index contributed by atoms with van der Waals surface area (Å²) in [6, 6.07) is 4.81. The van der Waals surface area contributed by atoms with Crippen LogP contribution in [0, 0.1) is 0 Å². The Kier molecular flexibility index (Phi) is 3.69. The summed E-state index contributed by atoms with van der Waals surface area (Å²) in [4.78, 5) is 6.64. The highest BCUT2D eigenvalue weighted by Gasteiger charge is 2.25. The Morgan fingerprint density at radius 2 is 2.26 bits per heavy atom. The molecule has 0 aromatic carbocycles. The third kappa shape index (κ3) is 2.89. The summed E-state index contributed by atoms with van der Waals surface area (Å²) < 4.78 is 7.99. The molecule has 0 unspecified atom stereocenters. The average molecular weight is 259 g/mol. The number of hydrogen-bond donors (Lipinski definition) is 0. The van der Waals surface area contributed by atoms with Crippen LogP contribution in [-0.2, 0) is 19.5 Å². The van der Waals surface area contributed by atoms with E-state index in [4.69, 9.17) is 4.42 Å². The Hall–Kier alpha value is -1.55. The average Bonchev–Trinajstić information content (AvgIpc) is 3.14. The van der Waals surface area contributed by atoms with Crippen molar-refractivity contribution in [2.24, 2.45) is 0 Å². The fourth-order valence-corrected chi connectivity index (χ4v) is 2.85. The van der Waals surface area contributed by atoms with Crippen molar-refractivity contribution < 1.29 is 4.42 Å². The molecule has 1 saturated heterocycles. The van der Waals surface area contributed by atoms with Crippen molar-refractivity contribution in [3.63, 3.8) is 0 Å². The molecule has 1 atom stereocenters. The molecular weight excluding hydrogens is 238 g/mol. The van der Waals surface area contributed by atoms with Crippen molar-refractivity contribution in [2.75, 3.05) is 6.54 Å². The van der Waals surface area contributed by atoms with Crippen molar-refractivity contribution >= 4 is 0 Å². The van der Waals surface area contributed by atoms with Gasteiger partial charge < -0.3 is 8.98 Å². The second-order valence-corrected chi connectivity index (χ2v) is 5.25. The van der Waals surface area contributed by atoms with Crippen LogP contribution in [0.5, 0.6) is 0 Å². The molecule has 4 nitrogen and oxygen atoms in total. The number of rotatable bonds is 5. The Labute approximate surface area is 114 Å². The molecule has 0 amide bonds. The zero-order chi connectivity index (χ0) is 13.1. The summed E-state index contributed by atoms with van der Waals surface area (Å²) in [7, 11) is 0. The topological polar surface area (TPSA) is 34.2 Å². The zero-order valence-corrected chi connectivity index (χ0v) is 11.5. The van der Waals surface area contributed by atoms with E-state index in [1.807, 2.05) is 18.7 Å². The van der Waals surface area contributed by atoms with Crippen LogP contribution in [0.3, 0.4) is 0 Å². The molecule has 4 heteroatoms. The Morgan fingerprint density at radius 1 is 1.37 bits per heavy atom. The molecular formula is C15H21N3O. The van der Waals surface area contributed by atoms with E-state index < -0.39 is 0 Å². The maximum atomic E-state index is 5.82. The molecule has 1 aliphatic rings. The number of aryl methyl sites for hydroxylation is 1. The molecule has 2 aromatic heterocycles. The first-order valence-electron chi connectivity index (χ1n) is 7.12. The lowest BCUT2D eigenvalue weighted by atomic mass is 10.2. The highest BCUT2D eigenvalue weighted by atomic mass is 16.3. The highest BCUT2D eigenvalue weighted by Crippen LogP contribution is 2.22. The van der Waals surface area contributed by atoms with Gasteiger partial charge in [-0.2, -0.15) is 0 Å². The van der Waals surface area contributed by atoms with Crippen LogP contribution in [0.15, 0.2) is 35.3 Å². The van der Waals surface area contributed by atoms with Crippen LogP contribution >= 0.6 is 0 Å². The van der Waals surface area contributed by atoms with Gasteiger partial charge in [-0.05, 0) is 31.5 Å². The predicted octanol–water partition coefficient (Wildman–Crippen LogP) is 2.70. The van der Waals surface area contributed by atoms with Crippen LogP contribution in [-0.4, -0.2) is 27.0 Å². The second kappa shape index (κ2) is 5.61. The van der Waals surface area contributed by atoms with Gasteiger partial charge in [0.25, 0.3) is 0 Å². The van der Waals surface area contributed by atoms with Crippen LogP contribution < -0.4 is 0 Å². The normalized spacial score (nSPS) is 20.2. The first-order chi connectivity index (χ1) is 9.35. The Balaban J connectivity index is 1.62. The third-order valence-corrected chi connectivity index (χ3v) is 3.90. The lowest BCUT2D eigenvalue weighted by molar-refractivity contribution is 0.206. The smallest absolute Gasteiger partial charge is 0.118 e. The predicted molar refractivity (Wildman–Crippen MR) is 73.7 cm³/mol. The lowest BCUT2D eigenvalue weighted by Gasteiger charge is -2.23. The molecule has 1 aliphatic heterocycles. The van der Waals surface area contributed by atoms with Crippen LogP contribution in [0.25, 0.3) is 0 Å². The molecule has 102 valence electrons. The molecule has 0 saturated carbocycles. The van der Waals surface area contributed by atoms with Crippen molar-refractivity contribution in [3.8, 4) is 0 Å². The van der Waals surface area contributed by atoms with Gasteiger partial charge in [-0.3, -0.25) is 4.90 Å². The standard InChI is InChI=1S/C15H21N3O/c1-2-14-5-6-15(19-14)11-18-8-3-4-13(18)10-17-9-7-16-12-17/h5-7,9,12-13H,2-4,8,10-11H2,1H3/t13-/m1/s1. The monoisotopic (exact) mass is 259 g/mol. The van der Waals surface area contributed by atoms with Gasteiger partial charge in [-0.1, -0.05) is 6.92 Å². The number of hydrogen-bond acceptors (Lipinski definition) is 3. The molecule has 3 rings (SSSR count). The fraction of sp³-hybridized carbons (Fsp3) is 0.533. The van der Waals surface area contributed by atoms with Crippen LogP contribution in [0.2, 0.25) is 0 Å². The minimum absolute atomic E-state index is 0.601. The minimum atomic E-state index is 0.601. The lowest BCUT2D eigenvalue weighted by Crippen LogP contribution is -2.32. The van der Waals surface area contributed by atoms with Crippen molar-refractivity contribution in [1.82, 2.24) is 14.5 Å². The number of likely N-dealkylation sites (tertiary alicyclic amines) is 1. The number of aromatic nitrogens is 2. The molecule has 19 heavy (non-hydrogen) atoms. The molecule has 0 radical (unpaired) electrons. The zero-order valence-electron chi connectivity index (χ0n) is 11.5. The number of furan rings is 1. The van der Waals surface area contributed by atoms with E-state index in [9.17, 15) is 0 Å². The summed E-state index contributed by atoms with van der Waals surface area (Å²) in [6.07, 6.45) is 9.30. The van der Waals surface area contributed by atoms with Gasteiger partial charge >= 0.3 is 0 Å². The van der Waals surface area contributed by atoms with Gasteiger partial charge in [-0.15, -0.1) is 0 Å². The third-order valence-electron chi connectivity index (χ3n) is 3.90. The Bertz CT molecular complexity index is 503. The summed E-state index contributed by atoms with van der Waals surface area (Å²) in [5, 5.41) is 0. The summed E-state index contributed by atoms with van der Waals surface area (Å²) in [5.41, 5.74) is 0. The van der Waals surface area contributed by atoms with E-state index in [2.05, 4.69) is 33.5 Å². The first kappa shape index (κ1) is 12.5. The van der Waals surface area contributed by atoms with E-state index in [-0.39, 0.29) is 0 Å². The summed E-state index contributed by atoms with van der Waals surface area (Å²) >= 11 is 0. The maximum absolute atomic E-state index is 5.82. The SMILES string of the molecule is CCc1ccc(CN2CCC[C@@H]2Cn2ccnc2)o1. The van der Waals surface area contributed by atoms with E-state index >= 15 is 0 Å². The summed E-state index contributed by atoms with van der Waals surface area (Å²) in [6.45, 7) is 5.25. The van der Waals surface area contributed by atoms with Crippen LogP contribution in [0.1, 0.15) is 31.3 Å². The molecule has 0 N–H and O–H groups in total. The van der Waals surface area contributed by atoms with Crippen molar-refractivity contribution in [1.29, 1.82) is 0 Å². The van der Waals surface area contributed by atoms with Gasteiger partial charge in [0.1, 0.15) is 11.5 Å². The highest BCUT2D eigenvalue weighted by molar-refractivity contribution is 5.07. The molecule has 0 spiro atoms. The van der Waals surface area contributed by atoms with Gasteiger partial charge in [0.05, 0.1) is 12.9 Å². The van der Waals surface area contributed by atoms with Gasteiger partial charge in [0.15, 0.2) is 0 Å². The summed E-state index contributed by atoms with van der Waals surface area (Å²) in [5.74, 6) is 2.18. The van der Waals surface area contributed by atoms with Gasteiger partial charge in [0.2, 0.25) is 0 Å². The van der Waals surface area contributed by atoms with Crippen molar-refractivity contribution in [3.05, 3.63) is 42.4 Å². The number of imidazole rings is 1. The maximum Gasteiger partial charge on any atom is 0.118 e. The molecule has 0 aliphatic carbocycles. The largest absolute Gasteiger partial charge is 0.465 e. The fourth-order valence-electron chi connectivity index (χ4n) is 2.85. The molecule has 2 aromatic rings. The minimum Gasteiger partial charge on any atom is -0.465 e. The quantitative estimate of drug-likeness (QED) is 0.828. The molecule has 1 fully saturated rings. The first-order valence-corrected chi connectivity index (χ1v) is 7.12. The van der Waals surface area contributed by atoms with E-state index in [1.54, 1.807) is 0 Å². The van der Waals surface area contributed by atoms with Gasteiger partial charge in [0, 0.05) is 31.4 Å².